The van der Waals surface area contributed by atoms with E-state index in [1.54, 1.807) is 0 Å². The summed E-state index contributed by atoms with van der Waals surface area (Å²) in [5, 5.41) is 1.15. The van der Waals surface area contributed by atoms with Gasteiger partial charge in [-0.25, -0.2) is 4.42 Å². The van der Waals surface area contributed by atoms with Crippen LogP contribution in [0.3, 0.4) is 0 Å². The van der Waals surface area contributed by atoms with Gasteiger partial charge in [-0.05, 0) is 32.9 Å². The van der Waals surface area contributed by atoms with Gasteiger partial charge in [-0.2, -0.15) is 0 Å². The Balaban J connectivity index is 0.00000112. The summed E-state index contributed by atoms with van der Waals surface area (Å²) in [6, 6.07) is 12.3. The van der Waals surface area contributed by atoms with E-state index in [1.165, 1.54) is 0 Å². The highest BCUT2D eigenvalue weighted by molar-refractivity contribution is 5.76. The molecule has 0 unspecified atom stereocenters. The second kappa shape index (κ2) is 3.99. The molecule has 1 aromatic heterocycles. The Morgan fingerprint density at radius 1 is 0.933 bits per heavy atom. The first-order valence-corrected chi connectivity index (χ1v) is 4.90. The molecule has 1 heterocycles. The zero-order chi connectivity index (χ0) is 10.2. The Kier molecular flexibility index (Phi) is 3.10. The lowest BCUT2D eigenvalue weighted by atomic mass is 9.93. The SMILES string of the molecule is CC(C)(C)c1ccc2ccccc2[o+]1.[OH-]. The Morgan fingerprint density at radius 3 is 2.27 bits per heavy atom. The minimum absolute atomic E-state index is 0. The van der Waals surface area contributed by atoms with Gasteiger partial charge < -0.3 is 5.48 Å². The fourth-order valence-corrected chi connectivity index (χ4v) is 1.43. The van der Waals surface area contributed by atoms with E-state index in [-0.39, 0.29) is 10.9 Å². The van der Waals surface area contributed by atoms with Crippen LogP contribution in [0.1, 0.15) is 26.5 Å². The minimum atomic E-state index is 0. The standard InChI is InChI=1S/C13H15O.H2O/c1-13(2,3)12-9-8-10-6-4-5-7-11(10)14-12;/h4-9H,1-3H3;1H2/q+1;/p-1. The lowest BCUT2D eigenvalue weighted by Gasteiger charge is -2.07. The van der Waals surface area contributed by atoms with Gasteiger partial charge in [0, 0.05) is 12.1 Å². The molecule has 1 N–H and O–H groups in total. The Bertz CT molecular complexity index is 455. The Hall–Kier alpha value is -1.41. The van der Waals surface area contributed by atoms with Crippen molar-refractivity contribution in [1.82, 2.24) is 0 Å². The van der Waals surface area contributed by atoms with Crippen molar-refractivity contribution in [3.05, 3.63) is 42.2 Å². The molecule has 0 amide bonds. The molecule has 2 aromatic rings. The van der Waals surface area contributed by atoms with Gasteiger partial charge in [0.1, 0.15) is 0 Å². The summed E-state index contributed by atoms with van der Waals surface area (Å²) in [6.07, 6.45) is 0. The molecule has 0 aliphatic rings. The van der Waals surface area contributed by atoms with Gasteiger partial charge in [0.2, 0.25) is 0 Å². The summed E-state index contributed by atoms with van der Waals surface area (Å²) in [4.78, 5) is 0. The van der Waals surface area contributed by atoms with Gasteiger partial charge in [-0.15, -0.1) is 0 Å². The second-order valence-electron chi connectivity index (χ2n) is 4.59. The van der Waals surface area contributed by atoms with Crippen LogP contribution in [0, 0.1) is 0 Å². The maximum atomic E-state index is 5.83. The summed E-state index contributed by atoms with van der Waals surface area (Å²) < 4.78 is 5.83. The van der Waals surface area contributed by atoms with Crippen LogP contribution in [0.25, 0.3) is 11.0 Å². The molecule has 80 valence electrons. The van der Waals surface area contributed by atoms with E-state index in [0.29, 0.717) is 0 Å². The van der Waals surface area contributed by atoms with Crippen molar-refractivity contribution in [2.45, 2.75) is 26.2 Å². The van der Waals surface area contributed by atoms with E-state index in [2.05, 4.69) is 39.0 Å². The van der Waals surface area contributed by atoms with Gasteiger partial charge in [-0.1, -0.05) is 12.1 Å². The monoisotopic (exact) mass is 204 g/mol. The summed E-state index contributed by atoms with van der Waals surface area (Å²) in [5.41, 5.74) is 1.03. The molecule has 2 rings (SSSR count). The summed E-state index contributed by atoms with van der Waals surface area (Å²) in [5.74, 6) is 1.02. The molecule has 0 saturated heterocycles. The van der Waals surface area contributed by atoms with Crippen LogP contribution < -0.4 is 0 Å². The zero-order valence-corrected chi connectivity index (χ0v) is 9.32. The first-order chi connectivity index (χ1) is 6.57. The molecule has 0 saturated carbocycles. The summed E-state index contributed by atoms with van der Waals surface area (Å²) >= 11 is 0. The van der Waals surface area contributed by atoms with Crippen molar-refractivity contribution in [2.75, 3.05) is 0 Å². The van der Waals surface area contributed by atoms with Crippen molar-refractivity contribution in [3.8, 4) is 0 Å². The van der Waals surface area contributed by atoms with Crippen molar-refractivity contribution in [1.29, 1.82) is 0 Å². The normalized spacial score (nSPS) is 11.1. The molecule has 0 atom stereocenters. The lowest BCUT2D eigenvalue weighted by Crippen LogP contribution is -2.10. The van der Waals surface area contributed by atoms with Crippen molar-refractivity contribution < 1.29 is 9.89 Å². The Labute approximate surface area is 89.9 Å². The highest BCUT2D eigenvalue weighted by atomic mass is 16.3. The van der Waals surface area contributed by atoms with Crippen LogP contribution in [0.15, 0.2) is 40.8 Å². The number of fused-ring (bicyclic) bond motifs is 1. The quantitative estimate of drug-likeness (QED) is 0.612. The Morgan fingerprint density at radius 2 is 1.60 bits per heavy atom. The summed E-state index contributed by atoms with van der Waals surface area (Å²) in [7, 11) is 0. The number of hydrogen-bond donors (Lipinski definition) is 0. The highest BCUT2D eigenvalue weighted by Gasteiger charge is 2.26. The van der Waals surface area contributed by atoms with Gasteiger partial charge in [0.25, 0.3) is 0 Å². The van der Waals surface area contributed by atoms with Crippen LogP contribution in [-0.4, -0.2) is 5.48 Å². The van der Waals surface area contributed by atoms with Crippen LogP contribution in [0.4, 0.5) is 0 Å². The molecule has 1 aromatic carbocycles. The molecular weight excluding hydrogens is 188 g/mol. The van der Waals surface area contributed by atoms with Crippen LogP contribution in [0.2, 0.25) is 0 Å². The van der Waals surface area contributed by atoms with E-state index in [9.17, 15) is 0 Å². The third-order valence-electron chi connectivity index (χ3n) is 2.29. The lowest BCUT2D eigenvalue weighted by molar-refractivity contribution is 0.422. The van der Waals surface area contributed by atoms with Gasteiger partial charge >= 0.3 is 11.3 Å². The first kappa shape index (κ1) is 11.7. The average molecular weight is 204 g/mol. The topological polar surface area (TPSA) is 41.3 Å². The molecule has 0 aliphatic heterocycles. The molecule has 0 bridgehead atoms. The molecule has 2 heteroatoms. The molecule has 0 fully saturated rings. The van der Waals surface area contributed by atoms with Crippen LogP contribution in [0.5, 0.6) is 0 Å². The fourth-order valence-electron chi connectivity index (χ4n) is 1.43. The first-order valence-electron chi connectivity index (χ1n) is 4.90. The van der Waals surface area contributed by atoms with Crippen LogP contribution >= 0.6 is 0 Å². The third kappa shape index (κ3) is 2.34. The molecule has 0 aliphatic carbocycles. The van der Waals surface area contributed by atoms with Crippen molar-refractivity contribution in [2.24, 2.45) is 0 Å². The van der Waals surface area contributed by atoms with Crippen molar-refractivity contribution >= 4 is 11.0 Å². The maximum Gasteiger partial charge on any atom is 0.360 e. The molecule has 0 radical (unpaired) electrons. The van der Waals surface area contributed by atoms with E-state index in [1.807, 2.05) is 18.2 Å². The molecule has 15 heavy (non-hydrogen) atoms. The number of benzene rings is 1. The van der Waals surface area contributed by atoms with Gasteiger partial charge in [0.15, 0.2) is 0 Å². The van der Waals surface area contributed by atoms with Crippen LogP contribution in [-0.2, 0) is 5.41 Å². The van der Waals surface area contributed by atoms with Gasteiger partial charge in [0.05, 0.1) is 10.8 Å². The van der Waals surface area contributed by atoms with Crippen molar-refractivity contribution in [3.63, 3.8) is 0 Å². The van der Waals surface area contributed by atoms with E-state index in [4.69, 9.17) is 4.42 Å². The van der Waals surface area contributed by atoms with Gasteiger partial charge in [-0.3, -0.25) is 0 Å². The third-order valence-corrected chi connectivity index (χ3v) is 2.29. The maximum absolute atomic E-state index is 5.83. The zero-order valence-electron chi connectivity index (χ0n) is 9.32. The average Bonchev–Trinajstić information content (AvgIpc) is 2.16. The highest BCUT2D eigenvalue weighted by Crippen LogP contribution is 2.25. The predicted octanol–water partition coefficient (Wildman–Crippen LogP) is 3.83. The number of para-hydroxylation sites is 1. The summed E-state index contributed by atoms with van der Waals surface area (Å²) in [6.45, 7) is 6.46. The number of hydrogen-bond acceptors (Lipinski definition) is 1. The largest absolute Gasteiger partial charge is 0.870 e. The van der Waals surface area contributed by atoms with E-state index < -0.39 is 0 Å². The molecular formula is C13H16O2. The number of rotatable bonds is 0. The fraction of sp³-hybridized carbons (Fsp3) is 0.308. The second-order valence-corrected chi connectivity index (χ2v) is 4.59. The predicted molar refractivity (Wildman–Crippen MR) is 61.3 cm³/mol. The smallest absolute Gasteiger partial charge is 0.360 e. The van der Waals surface area contributed by atoms with E-state index >= 15 is 0 Å². The minimum Gasteiger partial charge on any atom is -0.870 e. The molecule has 2 nitrogen and oxygen atoms in total. The molecule has 0 spiro atoms. The van der Waals surface area contributed by atoms with E-state index in [0.717, 1.165) is 16.7 Å².